The van der Waals surface area contributed by atoms with Crippen LogP contribution in [0.4, 0.5) is 10.2 Å². The van der Waals surface area contributed by atoms with Crippen LogP contribution in [0.1, 0.15) is 38.5 Å². The van der Waals surface area contributed by atoms with Crippen LogP contribution in [-0.4, -0.2) is 63.7 Å². The van der Waals surface area contributed by atoms with E-state index in [-0.39, 0.29) is 17.5 Å². The molecule has 0 N–H and O–H groups in total. The minimum Gasteiger partial charge on any atom is -0.544 e. The Morgan fingerprint density at radius 2 is 1.75 bits per heavy atom. The number of benzene rings is 1. The minimum atomic E-state index is -4.06. The van der Waals surface area contributed by atoms with E-state index in [0.717, 1.165) is 82.2 Å². The Morgan fingerprint density at radius 3 is 2.47 bits per heavy atom. The third-order valence-electron chi connectivity index (χ3n) is 7.54. The summed E-state index contributed by atoms with van der Waals surface area (Å²) in [6.07, 6.45) is 8.24. The van der Waals surface area contributed by atoms with E-state index in [1.165, 1.54) is 18.9 Å². The molecule has 3 fully saturated rings. The summed E-state index contributed by atoms with van der Waals surface area (Å²) in [7, 11) is -4.06. The molecule has 7 nitrogen and oxygen atoms in total. The molecule has 5 rings (SSSR count). The van der Waals surface area contributed by atoms with Crippen LogP contribution in [0.2, 0.25) is 5.02 Å². The summed E-state index contributed by atoms with van der Waals surface area (Å²) in [6, 6.07) is 7.97. The van der Waals surface area contributed by atoms with E-state index in [2.05, 4.69) is 19.5 Å². The fourth-order valence-corrected chi connectivity index (χ4v) is 6.54. The molecule has 2 aliphatic carbocycles. The molecule has 1 aliphatic heterocycles. The number of nitrogens with zero attached hydrogens (tertiary/aromatic N) is 4. The van der Waals surface area contributed by atoms with Gasteiger partial charge in [0.2, 0.25) is 0 Å². The topological polar surface area (TPSA) is 76.8 Å². The van der Waals surface area contributed by atoms with Crippen molar-refractivity contribution in [3.63, 3.8) is 0 Å². The number of pyridine rings is 1. The van der Waals surface area contributed by atoms with Gasteiger partial charge >= 0.3 is 0 Å². The van der Waals surface area contributed by atoms with E-state index in [1.54, 1.807) is 0 Å². The minimum absolute atomic E-state index is 0.177. The molecule has 2 saturated carbocycles. The lowest BCUT2D eigenvalue weighted by Gasteiger charge is -2.43. The average molecular weight is 536 g/mol. The Bertz CT molecular complexity index is 1150. The van der Waals surface area contributed by atoms with E-state index in [9.17, 15) is 12.8 Å². The quantitative estimate of drug-likeness (QED) is 0.444. The molecule has 1 aromatic heterocycles. The first kappa shape index (κ1) is 25.7. The third-order valence-corrected chi connectivity index (χ3v) is 9.14. The lowest BCUT2D eigenvalue weighted by Crippen LogP contribution is -2.51. The first-order chi connectivity index (χ1) is 17.4. The number of anilines is 1. The van der Waals surface area contributed by atoms with Crippen LogP contribution >= 0.6 is 11.6 Å². The van der Waals surface area contributed by atoms with Gasteiger partial charge in [-0.05, 0) is 61.9 Å². The van der Waals surface area contributed by atoms with E-state index < -0.39 is 20.7 Å². The lowest BCUT2D eigenvalue weighted by molar-refractivity contribution is 0.131. The molecule has 2 heterocycles. The van der Waals surface area contributed by atoms with Gasteiger partial charge in [0, 0.05) is 43.4 Å². The highest BCUT2D eigenvalue weighted by Crippen LogP contribution is 2.34. The molecule has 0 unspecified atom stereocenters. The Hall–Kier alpha value is -1.94. The van der Waals surface area contributed by atoms with Gasteiger partial charge in [0.1, 0.15) is 15.8 Å². The van der Waals surface area contributed by atoms with Gasteiger partial charge in [-0.15, -0.1) is 6.54 Å². The normalized spacial score (nSPS) is 23.6. The van der Waals surface area contributed by atoms with Crippen LogP contribution in [0.25, 0.3) is 4.72 Å². The van der Waals surface area contributed by atoms with Gasteiger partial charge in [-0.2, -0.15) is 0 Å². The van der Waals surface area contributed by atoms with Crippen molar-refractivity contribution in [1.29, 1.82) is 0 Å². The molecular weight excluding hydrogens is 503 g/mol. The Morgan fingerprint density at radius 1 is 1.03 bits per heavy atom. The summed E-state index contributed by atoms with van der Waals surface area (Å²) in [5.74, 6) is 1.91. The first-order valence-electron chi connectivity index (χ1n) is 12.8. The molecule has 196 valence electrons. The number of aromatic nitrogens is 1. The standard InChI is InChI=1S/C26H33ClFN4O3S/c27-21-7-10-23(28)25(16-21)36(33,34)30-17-19-5-8-22(9-6-19)31-12-14-32(15-13-31)26-24(2-1-11-29-26)35-18-20-3-4-20/h1-2,7,10-11,16,19-20,22H,3-6,8-9,12-15,17-18H2/q-1. The van der Waals surface area contributed by atoms with E-state index in [4.69, 9.17) is 16.3 Å². The van der Waals surface area contributed by atoms with Crippen LogP contribution < -0.4 is 9.64 Å². The zero-order valence-corrected chi connectivity index (χ0v) is 21.9. The van der Waals surface area contributed by atoms with Crippen LogP contribution in [0.3, 0.4) is 0 Å². The molecule has 1 saturated heterocycles. The van der Waals surface area contributed by atoms with Crippen molar-refractivity contribution < 1.29 is 17.5 Å². The zero-order chi connectivity index (χ0) is 25.1. The van der Waals surface area contributed by atoms with Crippen molar-refractivity contribution in [3.8, 4) is 5.75 Å². The summed E-state index contributed by atoms with van der Waals surface area (Å²) < 4.78 is 49.0. The van der Waals surface area contributed by atoms with Gasteiger partial charge in [0.15, 0.2) is 11.6 Å². The highest BCUT2D eigenvalue weighted by atomic mass is 35.5. The maximum atomic E-state index is 14.0. The highest BCUT2D eigenvalue weighted by molar-refractivity contribution is 7.94. The average Bonchev–Trinajstić information content (AvgIpc) is 3.73. The van der Waals surface area contributed by atoms with Gasteiger partial charge in [0.05, 0.1) is 11.5 Å². The maximum absolute atomic E-state index is 14.0. The summed E-state index contributed by atoms with van der Waals surface area (Å²) in [5.41, 5.74) is 0. The van der Waals surface area contributed by atoms with Crippen molar-refractivity contribution in [2.24, 2.45) is 11.8 Å². The predicted octanol–water partition coefficient (Wildman–Crippen LogP) is 5.11. The second kappa shape index (κ2) is 11.2. The second-order valence-corrected chi connectivity index (χ2v) is 12.2. The summed E-state index contributed by atoms with van der Waals surface area (Å²) >= 11 is 5.85. The van der Waals surface area contributed by atoms with Gasteiger partial charge < -0.3 is 14.4 Å². The largest absolute Gasteiger partial charge is 0.544 e. The molecule has 10 heteroatoms. The predicted molar refractivity (Wildman–Crippen MR) is 139 cm³/mol. The molecule has 0 bridgehead atoms. The van der Waals surface area contributed by atoms with Crippen LogP contribution in [0.5, 0.6) is 5.75 Å². The number of ether oxygens (including phenoxy) is 1. The van der Waals surface area contributed by atoms with Crippen LogP contribution in [0.15, 0.2) is 41.4 Å². The van der Waals surface area contributed by atoms with Gasteiger partial charge in [-0.25, -0.2) is 17.8 Å². The molecule has 0 amide bonds. The van der Waals surface area contributed by atoms with Crippen molar-refractivity contribution in [1.82, 2.24) is 9.88 Å². The molecule has 0 spiro atoms. The van der Waals surface area contributed by atoms with E-state index in [0.29, 0.717) is 12.0 Å². The van der Waals surface area contributed by atoms with E-state index in [1.807, 2.05) is 18.3 Å². The number of hydrogen-bond donors (Lipinski definition) is 0. The Labute approximate surface area is 218 Å². The first-order valence-corrected chi connectivity index (χ1v) is 14.7. The van der Waals surface area contributed by atoms with Gasteiger partial charge in [-0.3, -0.25) is 4.90 Å². The smallest absolute Gasteiger partial charge is 0.171 e. The number of rotatable bonds is 9. The third kappa shape index (κ3) is 6.30. The monoisotopic (exact) mass is 535 g/mol. The summed E-state index contributed by atoms with van der Waals surface area (Å²) in [6.45, 7) is 4.74. The van der Waals surface area contributed by atoms with Crippen LogP contribution in [-0.2, 0) is 10.0 Å². The number of halogens is 2. The molecular formula is C26H33ClFN4O3S-. The van der Waals surface area contributed by atoms with E-state index >= 15 is 0 Å². The van der Waals surface area contributed by atoms with Gasteiger partial charge in [-0.1, -0.05) is 30.4 Å². The molecule has 0 atom stereocenters. The maximum Gasteiger partial charge on any atom is 0.171 e. The molecule has 1 aromatic carbocycles. The van der Waals surface area contributed by atoms with Crippen molar-refractivity contribution in [2.45, 2.75) is 49.5 Å². The number of sulfonamides is 1. The summed E-state index contributed by atoms with van der Waals surface area (Å²) in [5, 5.41) is 0.177. The van der Waals surface area contributed by atoms with Gasteiger partial charge in [0.25, 0.3) is 0 Å². The molecule has 3 aliphatic rings. The number of hydrogen-bond acceptors (Lipinski definition) is 6. The fourth-order valence-electron chi connectivity index (χ4n) is 5.16. The van der Waals surface area contributed by atoms with Crippen molar-refractivity contribution in [3.05, 3.63) is 52.1 Å². The Kier molecular flexibility index (Phi) is 8.00. The summed E-state index contributed by atoms with van der Waals surface area (Å²) in [4.78, 5) is 9.04. The van der Waals surface area contributed by atoms with Crippen LogP contribution in [0, 0.1) is 17.7 Å². The fraction of sp³-hybridized carbons (Fsp3) is 0.577. The zero-order valence-electron chi connectivity index (χ0n) is 20.4. The molecule has 2 aromatic rings. The second-order valence-electron chi connectivity index (χ2n) is 10.1. The van der Waals surface area contributed by atoms with Crippen molar-refractivity contribution in [2.75, 3.05) is 44.2 Å². The lowest BCUT2D eigenvalue weighted by atomic mass is 9.85. The highest BCUT2D eigenvalue weighted by Gasteiger charge is 2.29. The SMILES string of the molecule is O=S(=O)([N-]CC1CCC(N2CCN(c3ncccc3OCC3CC3)CC2)CC1)c1cc(Cl)ccc1F. The molecule has 0 radical (unpaired) electrons. The molecule has 36 heavy (non-hydrogen) atoms. The number of piperazine rings is 1. The Balaban J connectivity index is 1.08. The van der Waals surface area contributed by atoms with Crippen molar-refractivity contribution >= 4 is 27.4 Å².